The Morgan fingerprint density at radius 1 is 1.29 bits per heavy atom. The number of hydrogen-bond acceptors (Lipinski definition) is 3. The molecule has 2 rings (SSSR count). The fourth-order valence-electron chi connectivity index (χ4n) is 2.46. The van der Waals surface area contributed by atoms with Crippen LogP contribution in [0.3, 0.4) is 0 Å². The predicted molar refractivity (Wildman–Crippen MR) is 82.1 cm³/mol. The van der Waals surface area contributed by atoms with Gasteiger partial charge in [0.1, 0.15) is 5.41 Å². The smallest absolute Gasteiger partial charge is 0.315 e. The van der Waals surface area contributed by atoms with Crippen LogP contribution in [0.25, 0.3) is 0 Å². The highest BCUT2D eigenvalue weighted by atomic mass is 16.4. The number of aliphatic carboxylic acids is 1. The van der Waals surface area contributed by atoms with Crippen molar-refractivity contribution in [1.29, 1.82) is 0 Å². The van der Waals surface area contributed by atoms with E-state index in [9.17, 15) is 9.90 Å². The third-order valence-corrected chi connectivity index (χ3v) is 3.93. The second-order valence-corrected chi connectivity index (χ2v) is 5.32. The summed E-state index contributed by atoms with van der Waals surface area (Å²) in [4.78, 5) is 15.9. The summed E-state index contributed by atoms with van der Waals surface area (Å²) in [7, 11) is 0. The predicted octanol–water partition coefficient (Wildman–Crippen LogP) is 2.30. The van der Waals surface area contributed by atoms with Crippen LogP contribution in [0.2, 0.25) is 0 Å². The number of benzene rings is 1. The first-order chi connectivity index (χ1) is 10.1. The van der Waals surface area contributed by atoms with Gasteiger partial charge in [0.2, 0.25) is 0 Å². The maximum absolute atomic E-state index is 11.9. The number of carboxylic acid groups (broad SMARTS) is 1. The van der Waals surface area contributed by atoms with Crippen LogP contribution in [0.5, 0.6) is 0 Å². The van der Waals surface area contributed by atoms with Gasteiger partial charge < -0.3 is 10.8 Å². The molecule has 1 aromatic heterocycles. The highest BCUT2D eigenvalue weighted by molar-refractivity contribution is 5.81. The Morgan fingerprint density at radius 3 is 2.52 bits per heavy atom. The van der Waals surface area contributed by atoms with Crippen molar-refractivity contribution in [3.8, 4) is 0 Å². The van der Waals surface area contributed by atoms with E-state index in [2.05, 4.69) is 4.98 Å². The SMILES string of the molecule is Cc1ccc(C(CN)(CCc2cccnc2)C(=O)O)cc1. The minimum absolute atomic E-state index is 0.0751. The van der Waals surface area contributed by atoms with Gasteiger partial charge in [-0.15, -0.1) is 0 Å². The molecule has 4 nitrogen and oxygen atoms in total. The van der Waals surface area contributed by atoms with Crippen molar-refractivity contribution in [2.45, 2.75) is 25.2 Å². The number of aryl methyl sites for hydroxylation is 2. The van der Waals surface area contributed by atoms with Crippen molar-refractivity contribution in [3.05, 3.63) is 65.5 Å². The first-order valence-electron chi connectivity index (χ1n) is 6.98. The summed E-state index contributed by atoms with van der Waals surface area (Å²) in [6.45, 7) is 2.05. The van der Waals surface area contributed by atoms with Gasteiger partial charge in [-0.1, -0.05) is 35.9 Å². The average molecular weight is 284 g/mol. The lowest BCUT2D eigenvalue weighted by Crippen LogP contribution is -2.43. The minimum Gasteiger partial charge on any atom is -0.481 e. The molecule has 2 aromatic rings. The van der Waals surface area contributed by atoms with E-state index >= 15 is 0 Å². The standard InChI is InChI=1S/C17H20N2O2/c1-13-4-6-15(7-5-13)17(12-18,16(20)21)9-8-14-3-2-10-19-11-14/h2-7,10-11H,8-9,12,18H2,1H3,(H,20,21). The lowest BCUT2D eigenvalue weighted by molar-refractivity contribution is -0.143. The van der Waals surface area contributed by atoms with E-state index in [4.69, 9.17) is 5.73 Å². The zero-order valence-corrected chi connectivity index (χ0v) is 12.1. The van der Waals surface area contributed by atoms with Crippen molar-refractivity contribution in [3.63, 3.8) is 0 Å². The molecule has 0 aliphatic carbocycles. The first kappa shape index (κ1) is 15.2. The Labute approximate surface area is 124 Å². The van der Waals surface area contributed by atoms with Crippen LogP contribution in [0.4, 0.5) is 0 Å². The van der Waals surface area contributed by atoms with Gasteiger partial charge in [0.15, 0.2) is 0 Å². The number of nitrogens with zero attached hydrogens (tertiary/aromatic N) is 1. The Morgan fingerprint density at radius 2 is 2.00 bits per heavy atom. The van der Waals surface area contributed by atoms with Crippen LogP contribution in [0.1, 0.15) is 23.1 Å². The summed E-state index contributed by atoms with van der Waals surface area (Å²) in [5.41, 5.74) is 7.67. The monoisotopic (exact) mass is 284 g/mol. The highest BCUT2D eigenvalue weighted by Crippen LogP contribution is 2.29. The summed E-state index contributed by atoms with van der Waals surface area (Å²) < 4.78 is 0. The van der Waals surface area contributed by atoms with E-state index in [1.165, 1.54) is 0 Å². The number of hydrogen-bond donors (Lipinski definition) is 2. The fourth-order valence-corrected chi connectivity index (χ4v) is 2.46. The first-order valence-corrected chi connectivity index (χ1v) is 6.98. The molecular weight excluding hydrogens is 264 g/mol. The summed E-state index contributed by atoms with van der Waals surface area (Å²) >= 11 is 0. The molecule has 0 fully saturated rings. The Hall–Kier alpha value is -2.20. The zero-order valence-electron chi connectivity index (χ0n) is 12.1. The van der Waals surface area contributed by atoms with Crippen LogP contribution in [-0.2, 0) is 16.6 Å². The van der Waals surface area contributed by atoms with Crippen molar-refractivity contribution in [1.82, 2.24) is 4.98 Å². The minimum atomic E-state index is -1.05. The number of nitrogens with two attached hydrogens (primary N) is 1. The maximum atomic E-state index is 11.9. The number of aromatic nitrogens is 1. The quantitative estimate of drug-likeness (QED) is 0.853. The molecule has 110 valence electrons. The molecule has 0 radical (unpaired) electrons. The lowest BCUT2D eigenvalue weighted by Gasteiger charge is -2.28. The molecule has 0 amide bonds. The van der Waals surface area contributed by atoms with Crippen molar-refractivity contribution in [2.75, 3.05) is 6.54 Å². The molecule has 21 heavy (non-hydrogen) atoms. The number of carbonyl (C=O) groups is 1. The largest absolute Gasteiger partial charge is 0.481 e. The lowest BCUT2D eigenvalue weighted by atomic mass is 9.76. The molecule has 1 atom stereocenters. The summed E-state index contributed by atoms with van der Waals surface area (Å²) in [5.74, 6) is -0.877. The molecule has 3 N–H and O–H groups in total. The van der Waals surface area contributed by atoms with Gasteiger partial charge in [-0.3, -0.25) is 9.78 Å². The molecule has 0 spiro atoms. The van der Waals surface area contributed by atoms with E-state index in [0.29, 0.717) is 12.8 Å². The molecule has 0 aliphatic rings. The molecule has 1 heterocycles. The third-order valence-electron chi connectivity index (χ3n) is 3.93. The molecular formula is C17H20N2O2. The van der Waals surface area contributed by atoms with Gasteiger partial charge in [0.25, 0.3) is 0 Å². The molecule has 0 aliphatic heterocycles. The second kappa shape index (κ2) is 6.50. The van der Waals surface area contributed by atoms with Gasteiger partial charge in [0, 0.05) is 18.9 Å². The zero-order chi connectivity index (χ0) is 15.3. The van der Waals surface area contributed by atoms with E-state index in [-0.39, 0.29) is 6.54 Å². The molecule has 4 heteroatoms. The summed E-state index contributed by atoms with van der Waals surface area (Å²) in [6, 6.07) is 11.4. The van der Waals surface area contributed by atoms with E-state index < -0.39 is 11.4 Å². The van der Waals surface area contributed by atoms with Crippen molar-refractivity contribution < 1.29 is 9.90 Å². The second-order valence-electron chi connectivity index (χ2n) is 5.32. The molecule has 0 saturated carbocycles. The van der Waals surface area contributed by atoms with Crippen LogP contribution in [0.15, 0.2) is 48.8 Å². The van der Waals surface area contributed by atoms with Crippen molar-refractivity contribution in [2.24, 2.45) is 5.73 Å². The number of pyridine rings is 1. The molecule has 0 saturated heterocycles. The van der Waals surface area contributed by atoms with Gasteiger partial charge in [-0.2, -0.15) is 0 Å². The van der Waals surface area contributed by atoms with Crippen LogP contribution >= 0.6 is 0 Å². The summed E-state index contributed by atoms with van der Waals surface area (Å²) in [5, 5.41) is 9.73. The average Bonchev–Trinajstić information content (AvgIpc) is 2.50. The van der Waals surface area contributed by atoms with E-state index in [0.717, 1.165) is 16.7 Å². The third kappa shape index (κ3) is 3.28. The Balaban J connectivity index is 2.29. The van der Waals surface area contributed by atoms with Gasteiger partial charge in [-0.05, 0) is 37.0 Å². The Bertz CT molecular complexity index is 596. The van der Waals surface area contributed by atoms with Gasteiger partial charge in [0.05, 0.1) is 0 Å². The molecule has 1 aromatic carbocycles. The summed E-state index contributed by atoms with van der Waals surface area (Å²) in [6.07, 6.45) is 4.55. The molecule has 1 unspecified atom stereocenters. The normalized spacial score (nSPS) is 13.6. The number of carboxylic acids is 1. The van der Waals surface area contributed by atoms with Gasteiger partial charge >= 0.3 is 5.97 Å². The Kier molecular flexibility index (Phi) is 4.70. The van der Waals surface area contributed by atoms with E-state index in [1.54, 1.807) is 12.4 Å². The fraction of sp³-hybridized carbons (Fsp3) is 0.294. The topological polar surface area (TPSA) is 76.2 Å². The number of rotatable bonds is 6. The highest BCUT2D eigenvalue weighted by Gasteiger charge is 2.38. The maximum Gasteiger partial charge on any atom is 0.315 e. The van der Waals surface area contributed by atoms with Crippen LogP contribution in [0, 0.1) is 6.92 Å². The molecule has 0 bridgehead atoms. The van der Waals surface area contributed by atoms with Crippen LogP contribution in [-0.4, -0.2) is 22.6 Å². The van der Waals surface area contributed by atoms with E-state index in [1.807, 2.05) is 43.3 Å². The van der Waals surface area contributed by atoms with Crippen molar-refractivity contribution >= 4 is 5.97 Å². The van der Waals surface area contributed by atoms with Crippen LogP contribution < -0.4 is 5.73 Å². The van der Waals surface area contributed by atoms with Gasteiger partial charge in [-0.25, -0.2) is 0 Å².